The van der Waals surface area contributed by atoms with Crippen LogP contribution < -0.4 is 4.74 Å². The number of ether oxygens (including phenoxy) is 2. The molecule has 2 fully saturated rings. The van der Waals surface area contributed by atoms with Gasteiger partial charge in [0.05, 0.1) is 20.3 Å². The van der Waals surface area contributed by atoms with Crippen molar-refractivity contribution < 1.29 is 23.0 Å². The van der Waals surface area contributed by atoms with Gasteiger partial charge in [0.1, 0.15) is 10.6 Å². The molecule has 0 bridgehead atoms. The highest BCUT2D eigenvalue weighted by Crippen LogP contribution is 2.44. The lowest BCUT2D eigenvalue weighted by molar-refractivity contribution is -0.0552. The van der Waals surface area contributed by atoms with Gasteiger partial charge >= 0.3 is 0 Å². The third-order valence-electron chi connectivity index (χ3n) is 5.74. The molecule has 26 heavy (non-hydrogen) atoms. The van der Waals surface area contributed by atoms with Crippen LogP contribution in [-0.4, -0.2) is 57.8 Å². The summed E-state index contributed by atoms with van der Waals surface area (Å²) >= 11 is 0. The van der Waals surface area contributed by atoms with E-state index in [0.29, 0.717) is 25.5 Å². The van der Waals surface area contributed by atoms with Crippen LogP contribution in [0.3, 0.4) is 0 Å². The highest BCUT2D eigenvalue weighted by Gasteiger charge is 2.51. The average molecular weight is 384 g/mol. The molecule has 7 heteroatoms. The summed E-state index contributed by atoms with van der Waals surface area (Å²) < 4.78 is 39.2. The number of hydrogen-bond donors (Lipinski definition) is 1. The minimum absolute atomic E-state index is 0.0666. The monoisotopic (exact) mass is 383 g/mol. The maximum absolute atomic E-state index is 13.4. The Balaban J connectivity index is 2.01. The van der Waals surface area contributed by atoms with Crippen LogP contribution in [0.5, 0.6) is 5.75 Å². The molecule has 1 aromatic carbocycles. The number of aliphatic hydroxyl groups excluding tert-OH is 1. The van der Waals surface area contributed by atoms with Crippen molar-refractivity contribution in [1.82, 2.24) is 4.31 Å². The molecule has 0 aliphatic carbocycles. The first-order valence-corrected chi connectivity index (χ1v) is 10.5. The van der Waals surface area contributed by atoms with E-state index in [1.807, 2.05) is 26.8 Å². The lowest BCUT2D eigenvalue weighted by atomic mass is 9.76. The lowest BCUT2D eigenvalue weighted by Gasteiger charge is -2.36. The maximum Gasteiger partial charge on any atom is 0.246 e. The summed E-state index contributed by atoms with van der Waals surface area (Å²) in [5.41, 5.74) is 0.268. The van der Waals surface area contributed by atoms with Gasteiger partial charge in [0.25, 0.3) is 0 Å². The number of sulfonamides is 1. The van der Waals surface area contributed by atoms with E-state index >= 15 is 0 Å². The van der Waals surface area contributed by atoms with Crippen molar-refractivity contribution in [3.63, 3.8) is 0 Å². The minimum Gasteiger partial charge on any atom is -0.495 e. The Morgan fingerprint density at radius 2 is 2.12 bits per heavy atom. The zero-order valence-corrected chi connectivity index (χ0v) is 16.8. The van der Waals surface area contributed by atoms with E-state index in [-0.39, 0.29) is 29.4 Å². The van der Waals surface area contributed by atoms with Crippen LogP contribution >= 0.6 is 0 Å². The molecule has 3 rings (SSSR count). The molecule has 0 radical (unpaired) electrons. The van der Waals surface area contributed by atoms with Gasteiger partial charge in [-0.1, -0.05) is 26.8 Å². The number of rotatable bonds is 4. The normalized spacial score (nSPS) is 27.3. The molecule has 2 atom stereocenters. The maximum atomic E-state index is 13.4. The van der Waals surface area contributed by atoms with Gasteiger partial charge in [-0.2, -0.15) is 4.31 Å². The Bertz CT molecular complexity index is 771. The van der Waals surface area contributed by atoms with Crippen molar-refractivity contribution >= 4 is 10.0 Å². The summed E-state index contributed by atoms with van der Waals surface area (Å²) in [4.78, 5) is 0.195. The molecule has 0 aromatic heterocycles. The number of nitrogens with zero attached hydrogens (tertiary/aromatic N) is 1. The molecule has 0 unspecified atom stereocenters. The van der Waals surface area contributed by atoms with Gasteiger partial charge in [-0.25, -0.2) is 8.42 Å². The van der Waals surface area contributed by atoms with Crippen LogP contribution in [0.15, 0.2) is 23.1 Å². The number of benzene rings is 1. The average Bonchev–Trinajstić information content (AvgIpc) is 3.01. The number of hydrogen-bond acceptors (Lipinski definition) is 5. The van der Waals surface area contributed by atoms with E-state index in [0.717, 1.165) is 12.0 Å². The fraction of sp³-hybridized carbons (Fsp3) is 0.684. The topological polar surface area (TPSA) is 76.1 Å². The molecule has 6 nitrogen and oxygen atoms in total. The molecule has 1 N–H and O–H groups in total. The smallest absolute Gasteiger partial charge is 0.246 e. The lowest BCUT2D eigenvalue weighted by Crippen LogP contribution is -2.43. The molecule has 2 saturated heterocycles. The van der Waals surface area contributed by atoms with Crippen molar-refractivity contribution in [2.45, 2.75) is 37.5 Å². The van der Waals surface area contributed by atoms with E-state index in [2.05, 4.69) is 0 Å². The van der Waals surface area contributed by atoms with Crippen molar-refractivity contribution in [2.75, 3.05) is 40.0 Å². The quantitative estimate of drug-likeness (QED) is 0.861. The molecule has 0 amide bonds. The Morgan fingerprint density at radius 3 is 2.69 bits per heavy atom. The Morgan fingerprint density at radius 1 is 1.38 bits per heavy atom. The van der Waals surface area contributed by atoms with Crippen LogP contribution in [0.1, 0.15) is 32.8 Å². The molecule has 2 aliphatic rings. The summed E-state index contributed by atoms with van der Waals surface area (Å²) in [6.07, 6.45) is 0.770. The summed E-state index contributed by atoms with van der Waals surface area (Å²) in [7, 11) is -2.24. The summed E-state index contributed by atoms with van der Waals surface area (Å²) in [5, 5.41) is 9.93. The van der Waals surface area contributed by atoms with E-state index in [1.165, 1.54) is 11.4 Å². The zero-order chi connectivity index (χ0) is 19.2. The number of methoxy groups -OCH3 is 1. The van der Waals surface area contributed by atoms with Gasteiger partial charge in [0.2, 0.25) is 10.0 Å². The Kier molecular flexibility index (Phi) is 5.11. The number of fused-ring (bicyclic) bond motifs is 1. The van der Waals surface area contributed by atoms with E-state index in [1.54, 1.807) is 12.1 Å². The summed E-state index contributed by atoms with van der Waals surface area (Å²) in [5.74, 6) is 0.468. The standard InChI is InChI=1S/C19H29NO5S/c1-18(2,3)14-5-6-16(24-4)17(9-14)26(22,23)20-10-15-7-8-25-13-19(15,11-20)12-21/h5-6,9,15,21H,7-8,10-13H2,1-4H3/t15-,19+/m0/s1. The van der Waals surface area contributed by atoms with Crippen LogP contribution in [0.4, 0.5) is 0 Å². The molecular formula is C19H29NO5S. The van der Waals surface area contributed by atoms with E-state index in [9.17, 15) is 13.5 Å². The predicted molar refractivity (Wildman–Crippen MR) is 98.9 cm³/mol. The third-order valence-corrected chi connectivity index (χ3v) is 7.58. The molecule has 146 valence electrons. The molecular weight excluding hydrogens is 354 g/mol. The highest BCUT2D eigenvalue weighted by atomic mass is 32.2. The molecule has 1 aromatic rings. The zero-order valence-electron chi connectivity index (χ0n) is 16.0. The molecule has 2 aliphatic heterocycles. The Hall–Kier alpha value is -1.15. The van der Waals surface area contributed by atoms with Gasteiger partial charge in [-0.3, -0.25) is 0 Å². The van der Waals surface area contributed by atoms with Crippen LogP contribution in [0.2, 0.25) is 0 Å². The second-order valence-electron chi connectivity index (χ2n) is 8.47. The van der Waals surface area contributed by atoms with Gasteiger partial charge in [0.15, 0.2) is 0 Å². The Labute approximate surface area is 156 Å². The number of aliphatic hydroxyl groups is 1. The molecule has 2 heterocycles. The fourth-order valence-electron chi connectivity index (χ4n) is 3.94. The summed E-state index contributed by atoms with van der Waals surface area (Å²) in [6.45, 7) is 7.79. The van der Waals surface area contributed by atoms with E-state index in [4.69, 9.17) is 9.47 Å². The predicted octanol–water partition coefficient (Wildman–Crippen LogP) is 2.01. The fourth-order valence-corrected chi connectivity index (χ4v) is 5.70. The molecule has 0 saturated carbocycles. The van der Waals surface area contributed by atoms with Gasteiger partial charge < -0.3 is 14.6 Å². The highest BCUT2D eigenvalue weighted by molar-refractivity contribution is 7.89. The van der Waals surface area contributed by atoms with Gasteiger partial charge in [-0.15, -0.1) is 0 Å². The largest absolute Gasteiger partial charge is 0.495 e. The van der Waals surface area contributed by atoms with Crippen molar-refractivity contribution in [1.29, 1.82) is 0 Å². The molecule has 0 spiro atoms. The van der Waals surface area contributed by atoms with Crippen LogP contribution in [0, 0.1) is 11.3 Å². The minimum atomic E-state index is -3.73. The second kappa shape index (κ2) is 6.78. The first-order valence-electron chi connectivity index (χ1n) is 9.01. The first-order chi connectivity index (χ1) is 12.1. The van der Waals surface area contributed by atoms with Crippen LogP contribution in [-0.2, 0) is 20.2 Å². The van der Waals surface area contributed by atoms with Gasteiger partial charge in [-0.05, 0) is 35.4 Å². The summed E-state index contributed by atoms with van der Waals surface area (Å²) in [6, 6.07) is 5.35. The van der Waals surface area contributed by atoms with E-state index < -0.39 is 15.4 Å². The third kappa shape index (κ3) is 3.26. The first kappa shape index (κ1) is 19.6. The van der Waals surface area contributed by atoms with Crippen molar-refractivity contribution in [3.05, 3.63) is 23.8 Å². The van der Waals surface area contributed by atoms with Crippen LogP contribution in [0.25, 0.3) is 0 Å². The van der Waals surface area contributed by atoms with Crippen molar-refractivity contribution in [3.8, 4) is 5.75 Å². The van der Waals surface area contributed by atoms with Gasteiger partial charge in [0, 0.05) is 25.1 Å². The van der Waals surface area contributed by atoms with Crippen molar-refractivity contribution in [2.24, 2.45) is 11.3 Å². The second-order valence-corrected chi connectivity index (χ2v) is 10.4. The SMILES string of the molecule is COc1ccc(C(C)(C)C)cc1S(=O)(=O)N1C[C@@H]2CCOC[C@]2(CO)C1.